The van der Waals surface area contributed by atoms with Gasteiger partial charge in [0.1, 0.15) is 5.58 Å². The van der Waals surface area contributed by atoms with Gasteiger partial charge in [0.25, 0.3) is 6.71 Å². The summed E-state index contributed by atoms with van der Waals surface area (Å²) in [5, 5.41) is 3.75. The van der Waals surface area contributed by atoms with Crippen molar-refractivity contribution in [3.63, 3.8) is 0 Å². The van der Waals surface area contributed by atoms with Crippen LogP contribution < -0.4 is 36.8 Å². The molecule has 2 aromatic heterocycles. The largest absolute Gasteiger partial charge is 0.454 e. The molecule has 2 aliphatic carbocycles. The van der Waals surface area contributed by atoms with Crippen molar-refractivity contribution in [1.29, 1.82) is 0 Å². The quantitative estimate of drug-likeness (QED) is 0.164. The summed E-state index contributed by atoms with van der Waals surface area (Å²) in [5.74, 6) is 0. The number of benzene rings is 7. The predicted molar refractivity (Wildman–Crippen MR) is 321 cm³/mol. The van der Waals surface area contributed by atoms with Crippen LogP contribution in [-0.2, 0) is 27.1 Å². The van der Waals surface area contributed by atoms with E-state index in [4.69, 9.17) is 4.42 Å². The zero-order chi connectivity index (χ0) is 52.6. The Balaban J connectivity index is 1.15. The number of hydrogen-bond acceptors (Lipinski definition) is 3. The maximum atomic E-state index is 7.29. The number of nitrogens with zero attached hydrogens (tertiary/aromatic N) is 3. The van der Waals surface area contributed by atoms with Crippen molar-refractivity contribution < 1.29 is 4.42 Å². The summed E-state index contributed by atoms with van der Waals surface area (Å²) in [7, 11) is 0. The molecule has 75 heavy (non-hydrogen) atoms. The molecule has 7 aromatic carbocycles. The molecular weight excluding hydrogens is 910 g/mol. The lowest BCUT2D eigenvalue weighted by Crippen LogP contribution is -2.61. The number of furan rings is 1. The van der Waals surface area contributed by atoms with E-state index in [2.05, 4.69) is 258 Å². The molecule has 4 nitrogen and oxygen atoms in total. The van der Waals surface area contributed by atoms with E-state index in [-0.39, 0.29) is 33.8 Å². The van der Waals surface area contributed by atoms with E-state index in [1.807, 2.05) is 0 Å². The fourth-order valence-electron chi connectivity index (χ4n) is 13.4. The molecule has 0 N–H and O–H groups in total. The lowest BCUT2D eigenvalue weighted by atomic mass is 9.33. The summed E-state index contributed by atoms with van der Waals surface area (Å²) in [6.45, 7) is 35.0. The van der Waals surface area contributed by atoms with Crippen LogP contribution in [0.25, 0.3) is 50.5 Å². The predicted octanol–water partition coefficient (Wildman–Crippen LogP) is 15.3. The average molecular weight is 982 g/mol. The molecule has 0 radical (unpaired) electrons. The first-order valence-corrected chi connectivity index (χ1v) is 27.6. The smallest absolute Gasteiger partial charge is 0.252 e. The SMILES string of the molecule is Cc1cc2c3c(c1)-n1c4c(c5cc(C(C)(C)C)cc(c51)B3c1ccc(N(c3ccc(C(C)(C)C)cc3)c3ccc(C(C)(C)C)cc3)cc1N2C1=c2oc3cc(C(C)(C)C)ccc3c2=CCC1)-c1ccccc1C4(C)C. The molecule has 376 valence electrons. The minimum atomic E-state index is -0.225. The molecule has 4 aliphatic rings. The minimum absolute atomic E-state index is 0.00918. The van der Waals surface area contributed by atoms with Gasteiger partial charge in [-0.05, 0) is 157 Å². The second-order valence-corrected chi connectivity index (χ2v) is 27.1. The number of rotatable bonds is 4. The van der Waals surface area contributed by atoms with Crippen molar-refractivity contribution in [2.75, 3.05) is 9.80 Å². The third-order valence-electron chi connectivity index (χ3n) is 17.4. The Bertz CT molecular complexity index is 3960. The van der Waals surface area contributed by atoms with Crippen LogP contribution in [-0.4, -0.2) is 11.3 Å². The topological polar surface area (TPSA) is 24.6 Å². The fraction of sp³-hybridized carbons (Fsp3) is 0.314. The zero-order valence-electron chi connectivity index (χ0n) is 47.0. The lowest BCUT2D eigenvalue weighted by molar-refractivity contribution is 0.559. The van der Waals surface area contributed by atoms with Gasteiger partial charge in [0, 0.05) is 72.3 Å². The first-order valence-electron chi connectivity index (χ1n) is 27.6. The third-order valence-corrected chi connectivity index (χ3v) is 17.4. The molecule has 0 amide bonds. The Morgan fingerprint density at radius 2 is 1.16 bits per heavy atom. The Labute approximate surface area is 445 Å². The lowest BCUT2D eigenvalue weighted by Gasteiger charge is -2.43. The number of anilines is 5. The highest BCUT2D eigenvalue weighted by Crippen LogP contribution is 2.55. The Morgan fingerprint density at radius 3 is 1.80 bits per heavy atom. The van der Waals surface area contributed by atoms with Crippen LogP contribution in [0, 0.1) is 6.92 Å². The number of aryl methyl sites for hydroxylation is 1. The van der Waals surface area contributed by atoms with Crippen molar-refractivity contribution in [3.8, 4) is 16.8 Å². The minimum Gasteiger partial charge on any atom is -0.454 e. The standard InChI is InChI=1S/C70H72BN3O/c1-41-35-58-62-59(36-41)74-63-52(61-51-19-16-17-21-53(51)70(14,15)65(61)74)37-45(69(11,12)13)38-55(63)71(62)54-34-32-48(72(46-28-23-42(24-29-46)66(2,3)4)47-30-25-43(26-31-47)67(5,6)7)40-57(54)73(58)56-22-18-20-50-49-33-27-44(68(8,9)10)39-60(49)75-64(50)56/h16-17,19-21,23-40H,18,22H2,1-15H3. The summed E-state index contributed by atoms with van der Waals surface area (Å²) >= 11 is 0. The van der Waals surface area contributed by atoms with Gasteiger partial charge < -0.3 is 18.8 Å². The highest BCUT2D eigenvalue weighted by atomic mass is 16.3. The Kier molecular flexibility index (Phi) is 10.0. The molecule has 0 saturated heterocycles. The zero-order valence-corrected chi connectivity index (χ0v) is 47.0. The molecule has 9 aromatic rings. The van der Waals surface area contributed by atoms with Crippen LogP contribution in [0.15, 0.2) is 138 Å². The molecule has 13 rings (SSSR count). The monoisotopic (exact) mass is 982 g/mol. The van der Waals surface area contributed by atoms with Crippen molar-refractivity contribution in [1.82, 2.24) is 4.57 Å². The molecule has 5 heteroatoms. The summed E-state index contributed by atoms with van der Waals surface area (Å²) in [4.78, 5) is 5.13. The summed E-state index contributed by atoms with van der Waals surface area (Å²) in [6.07, 6.45) is 4.19. The Morgan fingerprint density at radius 1 is 0.560 bits per heavy atom. The first-order chi connectivity index (χ1) is 35.4. The summed E-state index contributed by atoms with van der Waals surface area (Å²) in [5.41, 5.74) is 27.5. The molecule has 0 spiro atoms. The average Bonchev–Trinajstić information content (AvgIpc) is 4.02. The molecule has 0 atom stereocenters. The van der Waals surface area contributed by atoms with E-state index < -0.39 is 0 Å². The summed E-state index contributed by atoms with van der Waals surface area (Å²) in [6, 6.07) is 52.2. The highest BCUT2D eigenvalue weighted by molar-refractivity contribution is 7.00. The van der Waals surface area contributed by atoms with Gasteiger partial charge >= 0.3 is 0 Å². The Hall–Kier alpha value is -6.98. The van der Waals surface area contributed by atoms with Crippen LogP contribution in [0.2, 0.25) is 0 Å². The summed E-state index contributed by atoms with van der Waals surface area (Å²) < 4.78 is 10.0. The second-order valence-electron chi connectivity index (χ2n) is 27.1. The maximum Gasteiger partial charge on any atom is 0.252 e. The van der Waals surface area contributed by atoms with E-state index in [0.29, 0.717) is 0 Å². The molecule has 4 heterocycles. The van der Waals surface area contributed by atoms with Crippen molar-refractivity contribution in [3.05, 3.63) is 183 Å². The van der Waals surface area contributed by atoms with E-state index in [1.54, 1.807) is 0 Å². The maximum absolute atomic E-state index is 7.29. The first kappa shape index (κ1) is 47.7. The van der Waals surface area contributed by atoms with Crippen molar-refractivity contribution in [2.45, 2.75) is 144 Å². The van der Waals surface area contributed by atoms with Gasteiger partial charge in [0.05, 0.1) is 5.70 Å². The molecule has 0 saturated carbocycles. The molecular formula is C70H72BN3O. The van der Waals surface area contributed by atoms with E-state index in [1.165, 1.54) is 111 Å². The van der Waals surface area contributed by atoms with Gasteiger partial charge in [-0.15, -0.1) is 0 Å². The van der Waals surface area contributed by atoms with Gasteiger partial charge in [-0.3, -0.25) is 0 Å². The number of hydrogen-bond donors (Lipinski definition) is 0. The third kappa shape index (κ3) is 7.08. The van der Waals surface area contributed by atoms with Crippen LogP contribution in [0.4, 0.5) is 28.4 Å². The van der Waals surface area contributed by atoms with E-state index >= 15 is 0 Å². The normalized spacial score (nSPS) is 15.4. The number of aromatic nitrogens is 1. The van der Waals surface area contributed by atoms with Gasteiger partial charge in [-0.1, -0.05) is 176 Å². The molecule has 0 bridgehead atoms. The fourth-order valence-corrected chi connectivity index (χ4v) is 13.4. The second kappa shape index (κ2) is 15.8. The van der Waals surface area contributed by atoms with Gasteiger partial charge in [0.15, 0.2) is 5.42 Å². The molecule has 0 unspecified atom stereocenters. The van der Waals surface area contributed by atoms with Crippen molar-refractivity contribution >= 4 is 85.2 Å². The van der Waals surface area contributed by atoms with Gasteiger partial charge in [-0.2, -0.15) is 0 Å². The molecule has 2 aliphatic heterocycles. The van der Waals surface area contributed by atoms with E-state index in [9.17, 15) is 0 Å². The van der Waals surface area contributed by atoms with Gasteiger partial charge in [0.2, 0.25) is 0 Å². The van der Waals surface area contributed by atoms with Crippen molar-refractivity contribution in [2.24, 2.45) is 0 Å². The van der Waals surface area contributed by atoms with Crippen LogP contribution in [0.5, 0.6) is 0 Å². The highest BCUT2D eigenvalue weighted by Gasteiger charge is 2.48. The van der Waals surface area contributed by atoms with Gasteiger partial charge in [-0.25, -0.2) is 0 Å². The number of fused-ring (bicyclic) bond motifs is 12. The van der Waals surface area contributed by atoms with E-state index in [0.717, 1.165) is 40.9 Å². The van der Waals surface area contributed by atoms with Crippen LogP contribution >= 0.6 is 0 Å². The molecule has 0 fully saturated rings. The van der Waals surface area contributed by atoms with Crippen LogP contribution in [0.3, 0.4) is 0 Å². The van der Waals surface area contributed by atoms with Crippen LogP contribution in [0.1, 0.15) is 149 Å².